The summed E-state index contributed by atoms with van der Waals surface area (Å²) in [4.78, 5) is 39.3. The molecule has 1 unspecified atom stereocenters. The number of carbonyl (C=O) groups excluding carboxylic acids is 3. The summed E-state index contributed by atoms with van der Waals surface area (Å²) in [6.45, 7) is 2.09. The number of urea groups is 1. The monoisotopic (exact) mass is 396 g/mol. The van der Waals surface area contributed by atoms with Crippen molar-refractivity contribution in [2.75, 3.05) is 26.9 Å². The molecule has 150 valence electrons. The fourth-order valence-corrected chi connectivity index (χ4v) is 3.49. The highest BCUT2D eigenvalue weighted by atomic mass is 16.6. The van der Waals surface area contributed by atoms with Gasteiger partial charge in [-0.2, -0.15) is 0 Å². The molecule has 1 N–H and O–H groups in total. The molecule has 2 aliphatic rings. The summed E-state index contributed by atoms with van der Waals surface area (Å²) < 4.78 is 16.3. The molecule has 4 rings (SSSR count). The second-order valence-electron chi connectivity index (χ2n) is 6.93. The van der Waals surface area contributed by atoms with Gasteiger partial charge in [-0.15, -0.1) is 0 Å². The predicted molar refractivity (Wildman–Crippen MR) is 102 cm³/mol. The van der Waals surface area contributed by atoms with Crippen molar-refractivity contribution in [3.63, 3.8) is 0 Å². The largest absolute Gasteiger partial charge is 0.496 e. The van der Waals surface area contributed by atoms with Gasteiger partial charge in [0.15, 0.2) is 17.3 Å². The predicted octanol–water partition coefficient (Wildman–Crippen LogP) is 2.12. The number of imide groups is 1. The number of rotatable bonds is 5. The third kappa shape index (κ3) is 3.16. The second-order valence-corrected chi connectivity index (χ2v) is 6.93. The zero-order valence-electron chi connectivity index (χ0n) is 16.1. The summed E-state index contributed by atoms with van der Waals surface area (Å²) in [6, 6.07) is 11.1. The van der Waals surface area contributed by atoms with Crippen LogP contribution in [0.15, 0.2) is 42.5 Å². The Kier molecular flexibility index (Phi) is 4.62. The van der Waals surface area contributed by atoms with E-state index in [-0.39, 0.29) is 6.54 Å². The Bertz CT molecular complexity index is 1000. The van der Waals surface area contributed by atoms with Crippen LogP contribution in [0.25, 0.3) is 0 Å². The van der Waals surface area contributed by atoms with Crippen molar-refractivity contribution in [1.82, 2.24) is 10.2 Å². The van der Waals surface area contributed by atoms with Gasteiger partial charge in [-0.05, 0) is 36.8 Å². The summed E-state index contributed by atoms with van der Waals surface area (Å²) >= 11 is 0. The zero-order valence-corrected chi connectivity index (χ0v) is 16.1. The lowest BCUT2D eigenvalue weighted by Gasteiger charge is -2.25. The van der Waals surface area contributed by atoms with E-state index in [1.165, 1.54) is 7.11 Å². The number of nitrogens with one attached hydrogen (secondary N) is 1. The van der Waals surface area contributed by atoms with Crippen LogP contribution in [-0.4, -0.2) is 49.5 Å². The van der Waals surface area contributed by atoms with E-state index >= 15 is 0 Å². The van der Waals surface area contributed by atoms with E-state index in [2.05, 4.69) is 5.32 Å². The normalized spacial score (nSPS) is 20.4. The minimum absolute atomic E-state index is 0.309. The first-order valence-corrected chi connectivity index (χ1v) is 9.14. The molecule has 0 aromatic heterocycles. The number of ketones is 1. The standard InChI is InChI=1S/C21H20N2O6/c1-21(13-7-8-17-18(11-13)29-10-9-28-17)19(25)23(20(26)22-21)12-15(24)14-5-3-4-6-16(14)27-2/h3-8,11H,9-10,12H2,1-2H3,(H,22,26). The van der Waals surface area contributed by atoms with Crippen LogP contribution in [-0.2, 0) is 10.3 Å². The zero-order chi connectivity index (χ0) is 20.6. The molecule has 2 aromatic rings. The Morgan fingerprint density at radius 2 is 1.86 bits per heavy atom. The fourth-order valence-electron chi connectivity index (χ4n) is 3.49. The first kappa shape index (κ1) is 18.8. The molecular weight excluding hydrogens is 376 g/mol. The number of methoxy groups -OCH3 is 1. The Labute approximate surface area is 167 Å². The Balaban J connectivity index is 1.59. The number of benzene rings is 2. The van der Waals surface area contributed by atoms with Crippen molar-refractivity contribution in [2.24, 2.45) is 0 Å². The van der Waals surface area contributed by atoms with Crippen molar-refractivity contribution >= 4 is 17.7 Å². The molecule has 0 radical (unpaired) electrons. The lowest BCUT2D eigenvalue weighted by atomic mass is 9.91. The van der Waals surface area contributed by atoms with Crippen LogP contribution in [0, 0.1) is 0 Å². The Hall–Kier alpha value is -3.55. The quantitative estimate of drug-likeness (QED) is 0.615. The summed E-state index contributed by atoms with van der Waals surface area (Å²) in [5, 5.41) is 2.70. The van der Waals surface area contributed by atoms with Gasteiger partial charge in [0.2, 0.25) is 0 Å². The molecule has 0 spiro atoms. The lowest BCUT2D eigenvalue weighted by Crippen LogP contribution is -2.41. The number of nitrogens with zero attached hydrogens (tertiary/aromatic N) is 1. The summed E-state index contributed by atoms with van der Waals surface area (Å²) in [5.74, 6) is 0.586. The van der Waals surface area contributed by atoms with E-state index in [9.17, 15) is 14.4 Å². The molecule has 1 atom stereocenters. The summed E-state index contributed by atoms with van der Waals surface area (Å²) in [7, 11) is 1.46. The van der Waals surface area contributed by atoms with Gasteiger partial charge in [-0.3, -0.25) is 14.5 Å². The number of hydrogen-bond donors (Lipinski definition) is 1. The fraction of sp³-hybridized carbons (Fsp3) is 0.286. The smallest absolute Gasteiger partial charge is 0.325 e. The lowest BCUT2D eigenvalue weighted by molar-refractivity contribution is -0.130. The van der Waals surface area contributed by atoms with Crippen molar-refractivity contribution in [1.29, 1.82) is 0 Å². The van der Waals surface area contributed by atoms with Gasteiger partial charge in [0.1, 0.15) is 24.5 Å². The van der Waals surface area contributed by atoms with Crippen LogP contribution in [0.3, 0.4) is 0 Å². The molecule has 1 saturated heterocycles. The average Bonchev–Trinajstić information content (AvgIpc) is 2.97. The molecule has 2 heterocycles. The summed E-state index contributed by atoms with van der Waals surface area (Å²) in [6.07, 6.45) is 0. The molecular formula is C21H20N2O6. The topological polar surface area (TPSA) is 94.2 Å². The molecule has 8 heteroatoms. The van der Waals surface area contributed by atoms with E-state index in [0.717, 1.165) is 4.90 Å². The third-order valence-corrected chi connectivity index (χ3v) is 5.10. The van der Waals surface area contributed by atoms with E-state index in [4.69, 9.17) is 14.2 Å². The van der Waals surface area contributed by atoms with Crippen LogP contribution >= 0.6 is 0 Å². The van der Waals surface area contributed by atoms with Crippen LogP contribution in [0.1, 0.15) is 22.8 Å². The highest BCUT2D eigenvalue weighted by molar-refractivity contribution is 6.11. The molecule has 0 aliphatic carbocycles. The molecule has 2 aliphatic heterocycles. The first-order chi connectivity index (χ1) is 13.9. The van der Waals surface area contributed by atoms with Gasteiger partial charge in [-0.1, -0.05) is 18.2 Å². The highest BCUT2D eigenvalue weighted by Gasteiger charge is 2.50. The molecule has 0 bridgehead atoms. The maximum atomic E-state index is 13.1. The SMILES string of the molecule is COc1ccccc1C(=O)CN1C(=O)NC(C)(c2ccc3c(c2)OCCO3)C1=O. The average molecular weight is 396 g/mol. The number of Topliss-reactive ketones (excluding diaryl/α,β-unsaturated/α-hetero) is 1. The molecule has 29 heavy (non-hydrogen) atoms. The van der Waals surface area contributed by atoms with Crippen molar-refractivity contribution in [3.05, 3.63) is 53.6 Å². The van der Waals surface area contributed by atoms with Gasteiger partial charge in [0, 0.05) is 0 Å². The number of para-hydroxylation sites is 1. The van der Waals surface area contributed by atoms with E-state index in [1.54, 1.807) is 49.4 Å². The number of carbonyl (C=O) groups is 3. The number of hydrogen-bond acceptors (Lipinski definition) is 6. The maximum absolute atomic E-state index is 13.1. The minimum Gasteiger partial charge on any atom is -0.496 e. The molecule has 2 aromatic carbocycles. The number of amides is 3. The molecule has 3 amide bonds. The third-order valence-electron chi connectivity index (χ3n) is 5.10. The van der Waals surface area contributed by atoms with Crippen LogP contribution in [0.2, 0.25) is 0 Å². The van der Waals surface area contributed by atoms with Gasteiger partial charge in [0.05, 0.1) is 19.2 Å². The Morgan fingerprint density at radius 3 is 2.62 bits per heavy atom. The van der Waals surface area contributed by atoms with Gasteiger partial charge in [-0.25, -0.2) is 4.79 Å². The first-order valence-electron chi connectivity index (χ1n) is 9.14. The highest BCUT2D eigenvalue weighted by Crippen LogP contribution is 2.37. The van der Waals surface area contributed by atoms with Crippen LogP contribution in [0.4, 0.5) is 4.79 Å². The van der Waals surface area contributed by atoms with Crippen LogP contribution < -0.4 is 19.5 Å². The summed E-state index contributed by atoms with van der Waals surface area (Å²) in [5.41, 5.74) is -0.454. The number of fused-ring (bicyclic) bond motifs is 1. The second kappa shape index (κ2) is 7.12. The van der Waals surface area contributed by atoms with Crippen molar-refractivity contribution in [2.45, 2.75) is 12.5 Å². The molecule has 1 fully saturated rings. The van der Waals surface area contributed by atoms with E-state index < -0.39 is 23.3 Å². The van der Waals surface area contributed by atoms with Crippen molar-refractivity contribution in [3.8, 4) is 17.2 Å². The van der Waals surface area contributed by atoms with Gasteiger partial charge < -0.3 is 19.5 Å². The Morgan fingerprint density at radius 1 is 1.14 bits per heavy atom. The molecule has 0 saturated carbocycles. The van der Waals surface area contributed by atoms with E-state index in [0.29, 0.717) is 41.6 Å². The minimum atomic E-state index is -1.31. The van der Waals surface area contributed by atoms with Gasteiger partial charge >= 0.3 is 6.03 Å². The van der Waals surface area contributed by atoms with Crippen LogP contribution in [0.5, 0.6) is 17.2 Å². The van der Waals surface area contributed by atoms with Crippen molar-refractivity contribution < 1.29 is 28.6 Å². The molecule has 8 nitrogen and oxygen atoms in total. The van der Waals surface area contributed by atoms with E-state index in [1.807, 2.05) is 0 Å². The van der Waals surface area contributed by atoms with Gasteiger partial charge in [0.25, 0.3) is 5.91 Å². The maximum Gasteiger partial charge on any atom is 0.325 e. The number of ether oxygens (including phenoxy) is 3.